The van der Waals surface area contributed by atoms with Crippen LogP contribution in [0.25, 0.3) is 0 Å². The van der Waals surface area contributed by atoms with Gasteiger partial charge in [0.2, 0.25) is 0 Å². The highest BCUT2D eigenvalue weighted by atomic mass is 28.4. The Morgan fingerprint density at radius 3 is 2.24 bits per heavy atom. The van der Waals surface area contributed by atoms with Crippen molar-refractivity contribution in [2.45, 2.75) is 90.3 Å². The standard InChI is InChI=1S/C21H36O3Si/c1-8-21(15-12-16-22,23-17-19-13-10-9-11-14-19)18(2)24-25(6,7)20(3,4)5/h9-11,13-14,16,18H,8,12,15,17H2,1-7H3/t18-,21+/m0/s1. The molecule has 0 unspecified atom stereocenters. The van der Waals surface area contributed by atoms with Crippen molar-refractivity contribution < 1.29 is 14.0 Å². The molecule has 2 atom stereocenters. The zero-order valence-electron chi connectivity index (χ0n) is 17.1. The predicted octanol–water partition coefficient (Wildman–Crippen LogP) is 5.74. The Balaban J connectivity index is 2.98. The van der Waals surface area contributed by atoms with E-state index in [4.69, 9.17) is 9.16 Å². The van der Waals surface area contributed by atoms with Crippen LogP contribution in [0.2, 0.25) is 18.1 Å². The van der Waals surface area contributed by atoms with E-state index in [0.29, 0.717) is 19.4 Å². The highest BCUT2D eigenvalue weighted by Crippen LogP contribution is 2.40. The van der Waals surface area contributed by atoms with E-state index >= 15 is 0 Å². The number of carbonyl (C=O) groups is 1. The summed E-state index contributed by atoms with van der Waals surface area (Å²) < 4.78 is 13.1. The molecule has 0 saturated carbocycles. The second kappa shape index (κ2) is 9.11. The van der Waals surface area contributed by atoms with Crippen molar-refractivity contribution in [3.8, 4) is 0 Å². The van der Waals surface area contributed by atoms with Gasteiger partial charge >= 0.3 is 0 Å². The van der Waals surface area contributed by atoms with Gasteiger partial charge in [0.1, 0.15) is 6.29 Å². The summed E-state index contributed by atoms with van der Waals surface area (Å²) in [6.45, 7) is 16.0. The smallest absolute Gasteiger partial charge is 0.192 e. The number of hydrogen-bond donors (Lipinski definition) is 0. The van der Waals surface area contributed by atoms with Crippen molar-refractivity contribution >= 4 is 14.6 Å². The van der Waals surface area contributed by atoms with Crippen molar-refractivity contribution in [3.63, 3.8) is 0 Å². The minimum Gasteiger partial charge on any atom is -0.411 e. The van der Waals surface area contributed by atoms with Gasteiger partial charge in [0.15, 0.2) is 8.32 Å². The van der Waals surface area contributed by atoms with Gasteiger partial charge in [-0.25, -0.2) is 0 Å². The van der Waals surface area contributed by atoms with Gasteiger partial charge < -0.3 is 14.0 Å². The van der Waals surface area contributed by atoms with Crippen LogP contribution in [-0.2, 0) is 20.6 Å². The van der Waals surface area contributed by atoms with Crippen LogP contribution in [0.15, 0.2) is 30.3 Å². The Morgan fingerprint density at radius 1 is 1.16 bits per heavy atom. The summed E-state index contributed by atoms with van der Waals surface area (Å²) in [6, 6.07) is 10.2. The van der Waals surface area contributed by atoms with Crippen molar-refractivity contribution in [1.29, 1.82) is 0 Å². The SMILES string of the molecule is CC[C@](CCC=O)(OCc1ccccc1)[C@H](C)O[Si](C)(C)C(C)(C)C. The molecule has 0 heterocycles. The molecule has 0 spiro atoms. The van der Waals surface area contributed by atoms with Crippen molar-refractivity contribution in [3.05, 3.63) is 35.9 Å². The number of ether oxygens (including phenoxy) is 1. The van der Waals surface area contributed by atoms with E-state index in [1.165, 1.54) is 0 Å². The molecule has 25 heavy (non-hydrogen) atoms. The lowest BCUT2D eigenvalue weighted by molar-refractivity contribution is -0.132. The molecular formula is C21H36O3Si. The van der Waals surface area contributed by atoms with Gasteiger partial charge in [-0.15, -0.1) is 0 Å². The predicted molar refractivity (Wildman–Crippen MR) is 107 cm³/mol. The second-order valence-electron chi connectivity index (χ2n) is 8.42. The summed E-state index contributed by atoms with van der Waals surface area (Å²) in [5.74, 6) is 0. The number of carbonyl (C=O) groups excluding carboxylic acids is 1. The first-order valence-electron chi connectivity index (χ1n) is 9.37. The molecule has 3 nitrogen and oxygen atoms in total. The summed E-state index contributed by atoms with van der Waals surface area (Å²) in [5.41, 5.74) is 0.706. The molecule has 0 aliphatic rings. The molecule has 142 valence electrons. The summed E-state index contributed by atoms with van der Waals surface area (Å²) in [6.07, 6.45) is 2.93. The van der Waals surface area contributed by atoms with Gasteiger partial charge in [0.05, 0.1) is 18.3 Å². The topological polar surface area (TPSA) is 35.5 Å². The van der Waals surface area contributed by atoms with Gasteiger partial charge in [0, 0.05) is 6.42 Å². The Morgan fingerprint density at radius 2 is 1.76 bits per heavy atom. The number of benzene rings is 1. The Labute approximate surface area is 155 Å². The average Bonchev–Trinajstić information content (AvgIpc) is 2.55. The lowest BCUT2D eigenvalue weighted by Gasteiger charge is -2.45. The van der Waals surface area contributed by atoms with Crippen LogP contribution < -0.4 is 0 Å². The minimum atomic E-state index is -1.91. The minimum absolute atomic E-state index is 0.0537. The van der Waals surface area contributed by atoms with E-state index in [9.17, 15) is 4.79 Å². The Hall–Kier alpha value is -0.973. The highest BCUT2D eigenvalue weighted by Gasteiger charge is 2.44. The van der Waals surface area contributed by atoms with Crippen LogP contribution in [-0.4, -0.2) is 26.3 Å². The molecule has 1 aromatic rings. The molecule has 0 radical (unpaired) electrons. The van der Waals surface area contributed by atoms with E-state index < -0.39 is 13.9 Å². The fourth-order valence-electron chi connectivity index (χ4n) is 2.79. The number of rotatable bonds is 10. The van der Waals surface area contributed by atoms with E-state index in [1.54, 1.807) is 0 Å². The third-order valence-electron chi connectivity index (χ3n) is 5.67. The van der Waals surface area contributed by atoms with Crippen LogP contribution in [0.1, 0.15) is 59.4 Å². The Kier molecular flexibility index (Phi) is 8.04. The summed E-state index contributed by atoms with van der Waals surface area (Å²) in [4.78, 5) is 11.0. The van der Waals surface area contributed by atoms with Gasteiger partial charge in [-0.05, 0) is 43.5 Å². The quantitative estimate of drug-likeness (QED) is 0.392. The fraction of sp³-hybridized carbons (Fsp3) is 0.667. The van der Waals surface area contributed by atoms with Crippen LogP contribution in [0.3, 0.4) is 0 Å². The lowest BCUT2D eigenvalue weighted by atomic mass is 9.89. The molecule has 1 aromatic carbocycles. The van der Waals surface area contributed by atoms with Gasteiger partial charge in [-0.3, -0.25) is 0 Å². The summed E-state index contributed by atoms with van der Waals surface area (Å²) in [7, 11) is -1.91. The zero-order chi connectivity index (χ0) is 19.1. The van der Waals surface area contributed by atoms with Gasteiger partial charge in [0.25, 0.3) is 0 Å². The molecule has 0 fully saturated rings. The Bertz CT molecular complexity index is 522. The molecule has 0 aliphatic heterocycles. The maximum absolute atomic E-state index is 11.0. The number of aldehydes is 1. The zero-order valence-corrected chi connectivity index (χ0v) is 18.1. The van der Waals surface area contributed by atoms with Crippen molar-refractivity contribution in [2.75, 3.05) is 0 Å². The molecular weight excluding hydrogens is 328 g/mol. The molecule has 0 amide bonds. The first kappa shape index (κ1) is 22.1. The number of hydrogen-bond acceptors (Lipinski definition) is 3. The largest absolute Gasteiger partial charge is 0.411 e. The van der Waals surface area contributed by atoms with Crippen molar-refractivity contribution in [1.82, 2.24) is 0 Å². The monoisotopic (exact) mass is 364 g/mol. The van der Waals surface area contributed by atoms with Crippen LogP contribution in [0.5, 0.6) is 0 Å². The van der Waals surface area contributed by atoms with Gasteiger partial charge in [-0.1, -0.05) is 58.0 Å². The molecule has 1 rings (SSSR count). The highest BCUT2D eigenvalue weighted by molar-refractivity contribution is 6.74. The molecule has 4 heteroatoms. The normalized spacial score (nSPS) is 16.3. The lowest BCUT2D eigenvalue weighted by Crippen LogP contribution is -2.52. The fourth-order valence-corrected chi connectivity index (χ4v) is 4.24. The summed E-state index contributed by atoms with van der Waals surface area (Å²) >= 11 is 0. The van der Waals surface area contributed by atoms with E-state index in [2.05, 4.69) is 59.8 Å². The third-order valence-corrected chi connectivity index (χ3v) is 10.2. The molecule has 0 aromatic heterocycles. The second-order valence-corrected chi connectivity index (χ2v) is 13.2. The van der Waals surface area contributed by atoms with Gasteiger partial charge in [-0.2, -0.15) is 0 Å². The first-order chi connectivity index (χ1) is 11.6. The maximum Gasteiger partial charge on any atom is 0.192 e. The van der Waals surface area contributed by atoms with Crippen LogP contribution in [0.4, 0.5) is 0 Å². The van der Waals surface area contributed by atoms with E-state index in [-0.39, 0.29) is 11.1 Å². The molecule has 0 N–H and O–H groups in total. The van der Waals surface area contributed by atoms with Crippen LogP contribution in [0, 0.1) is 0 Å². The van der Waals surface area contributed by atoms with Crippen molar-refractivity contribution in [2.24, 2.45) is 0 Å². The average molecular weight is 365 g/mol. The summed E-state index contributed by atoms with van der Waals surface area (Å²) in [5, 5.41) is 0.144. The molecule has 0 bridgehead atoms. The van der Waals surface area contributed by atoms with E-state index in [1.807, 2.05) is 18.2 Å². The maximum atomic E-state index is 11.0. The van der Waals surface area contributed by atoms with Crippen LogP contribution >= 0.6 is 0 Å². The molecule has 0 aliphatic carbocycles. The first-order valence-corrected chi connectivity index (χ1v) is 12.3. The third kappa shape index (κ3) is 6.05. The molecule has 0 saturated heterocycles. The van der Waals surface area contributed by atoms with E-state index in [0.717, 1.165) is 18.3 Å².